The second-order valence-corrected chi connectivity index (χ2v) is 11.8. The van der Waals surface area contributed by atoms with Gasteiger partial charge in [-0.1, -0.05) is 12.6 Å². The van der Waals surface area contributed by atoms with Crippen molar-refractivity contribution in [1.29, 1.82) is 5.26 Å². The van der Waals surface area contributed by atoms with Gasteiger partial charge in [0, 0.05) is 75.1 Å². The van der Waals surface area contributed by atoms with E-state index in [0.717, 1.165) is 68.5 Å². The fraction of sp³-hybridized carbons (Fsp3) is 0.548. The molecule has 0 N–H and O–H groups in total. The Morgan fingerprint density at radius 1 is 1.17 bits per heavy atom. The molecule has 1 unspecified atom stereocenters. The molecule has 0 radical (unpaired) electrons. The molecule has 0 spiro atoms. The van der Waals surface area contributed by atoms with E-state index in [0.29, 0.717) is 31.7 Å². The highest BCUT2D eigenvalue weighted by molar-refractivity contribution is 5.87. The van der Waals surface area contributed by atoms with E-state index in [1.165, 1.54) is 22.9 Å². The first kappa shape index (κ1) is 27.3. The highest BCUT2D eigenvalue weighted by atomic mass is 16.5. The Bertz CT molecular complexity index is 1360. The lowest BCUT2D eigenvalue weighted by Crippen LogP contribution is -2.58. The number of anilines is 3. The Balaban J connectivity index is 1.31. The molecule has 41 heavy (non-hydrogen) atoms. The Labute approximate surface area is 242 Å². The molecule has 10 heteroatoms. The number of likely N-dealkylation sites (N-methyl/N-ethyl adjacent to an activating group) is 1. The number of aromatic nitrogens is 2. The summed E-state index contributed by atoms with van der Waals surface area (Å²) in [7, 11) is 5.96. The normalized spacial score (nSPS) is 22.2. The van der Waals surface area contributed by atoms with Crippen LogP contribution in [0.5, 0.6) is 5.75 Å². The van der Waals surface area contributed by atoms with Gasteiger partial charge in [0.2, 0.25) is 11.9 Å². The Morgan fingerprint density at radius 2 is 2.00 bits per heavy atom. The molecule has 10 nitrogen and oxygen atoms in total. The van der Waals surface area contributed by atoms with Crippen LogP contribution in [0, 0.1) is 11.3 Å². The summed E-state index contributed by atoms with van der Waals surface area (Å²) in [5.74, 6) is 2.56. The van der Waals surface area contributed by atoms with Gasteiger partial charge in [0.1, 0.15) is 11.6 Å². The van der Waals surface area contributed by atoms with Gasteiger partial charge in [0.25, 0.3) is 0 Å². The minimum atomic E-state index is -0.192. The van der Waals surface area contributed by atoms with Gasteiger partial charge in [-0.3, -0.25) is 4.79 Å². The first-order chi connectivity index (χ1) is 19.9. The third-order valence-electron chi connectivity index (χ3n) is 9.32. The molecule has 3 aliphatic heterocycles. The summed E-state index contributed by atoms with van der Waals surface area (Å²) in [5, 5.41) is 9.52. The number of carbonyl (C=O) groups is 1. The minimum Gasteiger partial charge on any atom is -0.497 e. The highest BCUT2D eigenvalue weighted by Gasteiger charge is 2.37. The van der Waals surface area contributed by atoms with Gasteiger partial charge < -0.3 is 29.2 Å². The maximum absolute atomic E-state index is 12.5. The van der Waals surface area contributed by atoms with Crippen LogP contribution in [0.3, 0.4) is 0 Å². The van der Waals surface area contributed by atoms with Crippen molar-refractivity contribution in [3.05, 3.63) is 47.7 Å². The standard InChI is InChI=1S/C31H40N8O2/c1-5-29(40)39-15-14-36(18-23(39)10-12-32)30-26-9-7-22(38-13-11-21-6-8-25(41-4)17-28(21)38)16-27(26)33-31(34-30)37-19-24(20-37)35(2)3/h5-6,8,17,22-24H,1,7,9-11,13-16,18-20H2,2-4H3/t22?,23-/m0/s1. The number of methoxy groups -OCH3 is 1. The number of nitriles is 1. The van der Waals surface area contributed by atoms with E-state index < -0.39 is 0 Å². The number of carbonyl (C=O) groups excluding carboxylic acids is 1. The van der Waals surface area contributed by atoms with Gasteiger partial charge in [-0.25, -0.2) is 4.98 Å². The maximum Gasteiger partial charge on any atom is 0.246 e. The molecule has 2 atom stereocenters. The van der Waals surface area contributed by atoms with E-state index in [4.69, 9.17) is 14.7 Å². The van der Waals surface area contributed by atoms with Gasteiger partial charge in [-0.2, -0.15) is 10.2 Å². The Kier molecular flexibility index (Phi) is 7.47. The molecule has 4 aliphatic rings. The van der Waals surface area contributed by atoms with E-state index in [9.17, 15) is 10.1 Å². The van der Waals surface area contributed by atoms with E-state index in [1.54, 1.807) is 12.0 Å². The van der Waals surface area contributed by atoms with Crippen molar-refractivity contribution in [2.75, 3.05) is 75.2 Å². The van der Waals surface area contributed by atoms with Crippen molar-refractivity contribution in [1.82, 2.24) is 19.8 Å². The molecule has 1 aromatic heterocycles. The van der Waals surface area contributed by atoms with Crippen LogP contribution in [0.1, 0.15) is 29.7 Å². The molecule has 1 aliphatic carbocycles. The zero-order valence-corrected chi connectivity index (χ0v) is 24.4. The van der Waals surface area contributed by atoms with Crippen molar-refractivity contribution in [2.45, 2.75) is 50.2 Å². The number of hydrogen-bond acceptors (Lipinski definition) is 9. The van der Waals surface area contributed by atoms with Gasteiger partial charge >= 0.3 is 0 Å². The summed E-state index contributed by atoms with van der Waals surface area (Å²) >= 11 is 0. The molecular formula is C31H40N8O2. The predicted molar refractivity (Wildman–Crippen MR) is 160 cm³/mol. The van der Waals surface area contributed by atoms with Gasteiger partial charge in [0.15, 0.2) is 0 Å². The van der Waals surface area contributed by atoms with Crippen molar-refractivity contribution in [3.8, 4) is 11.8 Å². The number of benzene rings is 1. The van der Waals surface area contributed by atoms with Crippen molar-refractivity contribution in [2.24, 2.45) is 0 Å². The lowest BCUT2D eigenvalue weighted by Gasteiger charge is -2.45. The topological polar surface area (TPSA) is 92.1 Å². The summed E-state index contributed by atoms with van der Waals surface area (Å²) in [6.07, 6.45) is 5.49. The van der Waals surface area contributed by atoms with Gasteiger partial charge in [0.05, 0.1) is 31.3 Å². The summed E-state index contributed by atoms with van der Waals surface area (Å²) in [4.78, 5) is 34.1. The quantitative estimate of drug-likeness (QED) is 0.476. The SMILES string of the molecule is C=CC(=O)N1CCN(c2nc(N3CC(N(C)C)C3)nc3c2CCC(N2CCc4ccc(OC)cc42)C3)C[C@@H]1CC#N. The van der Waals surface area contributed by atoms with Crippen LogP contribution < -0.4 is 19.4 Å². The second kappa shape index (κ2) is 11.2. The number of piperazine rings is 1. The molecule has 2 aromatic rings. The summed E-state index contributed by atoms with van der Waals surface area (Å²) in [6, 6.07) is 9.38. The third kappa shape index (κ3) is 5.08. The number of ether oxygens (including phenoxy) is 1. The molecule has 1 amide bonds. The highest BCUT2D eigenvalue weighted by Crippen LogP contribution is 2.39. The maximum atomic E-state index is 12.5. The number of amides is 1. The summed E-state index contributed by atoms with van der Waals surface area (Å²) < 4.78 is 5.54. The van der Waals surface area contributed by atoms with Crippen molar-refractivity contribution < 1.29 is 9.53 Å². The number of rotatable bonds is 7. The molecule has 4 heterocycles. The summed E-state index contributed by atoms with van der Waals surface area (Å²) in [5.41, 5.74) is 5.02. The second-order valence-electron chi connectivity index (χ2n) is 11.8. The van der Waals surface area contributed by atoms with E-state index in [1.807, 2.05) is 0 Å². The van der Waals surface area contributed by atoms with Crippen LogP contribution in [0.15, 0.2) is 30.9 Å². The van der Waals surface area contributed by atoms with Crippen LogP contribution >= 0.6 is 0 Å². The zero-order chi connectivity index (χ0) is 28.7. The van der Waals surface area contributed by atoms with Crippen LogP contribution in [0.4, 0.5) is 17.5 Å². The molecule has 1 aromatic carbocycles. The van der Waals surface area contributed by atoms with Crippen molar-refractivity contribution in [3.63, 3.8) is 0 Å². The minimum absolute atomic E-state index is 0.115. The van der Waals surface area contributed by atoms with Gasteiger partial charge in [-0.15, -0.1) is 0 Å². The summed E-state index contributed by atoms with van der Waals surface area (Å²) in [6.45, 7) is 8.30. The lowest BCUT2D eigenvalue weighted by atomic mass is 9.90. The molecule has 6 rings (SSSR count). The lowest BCUT2D eigenvalue weighted by molar-refractivity contribution is -0.128. The zero-order valence-electron chi connectivity index (χ0n) is 24.4. The largest absolute Gasteiger partial charge is 0.497 e. The van der Waals surface area contributed by atoms with Crippen LogP contribution in [0.25, 0.3) is 0 Å². The van der Waals surface area contributed by atoms with E-state index in [-0.39, 0.29) is 18.4 Å². The number of fused-ring (bicyclic) bond motifs is 2. The first-order valence-electron chi connectivity index (χ1n) is 14.7. The molecular weight excluding hydrogens is 516 g/mol. The van der Waals surface area contributed by atoms with Gasteiger partial charge in [-0.05, 0) is 51.1 Å². The smallest absolute Gasteiger partial charge is 0.246 e. The van der Waals surface area contributed by atoms with Crippen LogP contribution in [-0.2, 0) is 24.1 Å². The number of hydrogen-bond donors (Lipinski definition) is 0. The number of nitrogens with zero attached hydrogens (tertiary/aromatic N) is 8. The average molecular weight is 557 g/mol. The van der Waals surface area contributed by atoms with Crippen LogP contribution in [-0.4, -0.2) is 104 Å². The molecule has 0 saturated carbocycles. The monoisotopic (exact) mass is 556 g/mol. The average Bonchev–Trinajstić information content (AvgIpc) is 3.38. The molecule has 216 valence electrons. The van der Waals surface area contributed by atoms with E-state index in [2.05, 4.69) is 64.5 Å². The Hall–Kier alpha value is -3.84. The van der Waals surface area contributed by atoms with Crippen molar-refractivity contribution >= 4 is 23.4 Å². The third-order valence-corrected chi connectivity index (χ3v) is 9.32. The molecule has 2 fully saturated rings. The fourth-order valence-corrected chi connectivity index (χ4v) is 6.80. The van der Waals surface area contributed by atoms with E-state index >= 15 is 0 Å². The predicted octanol–water partition coefficient (Wildman–Crippen LogP) is 2.27. The molecule has 0 bridgehead atoms. The fourth-order valence-electron chi connectivity index (χ4n) is 6.80. The first-order valence-corrected chi connectivity index (χ1v) is 14.7. The Morgan fingerprint density at radius 3 is 2.73 bits per heavy atom. The van der Waals surface area contributed by atoms with Crippen LogP contribution in [0.2, 0.25) is 0 Å². The molecule has 2 saturated heterocycles.